The third-order valence-corrected chi connectivity index (χ3v) is 19.6. The minimum atomic E-state index is -3.64. The van der Waals surface area contributed by atoms with Gasteiger partial charge in [-0.3, -0.25) is 4.79 Å². The smallest absolute Gasteiger partial charge is 0.221 e. The Morgan fingerprint density at radius 1 is 0.657 bits per heavy atom. The molecule has 1 amide bonds. The van der Waals surface area contributed by atoms with Crippen LogP contribution in [0.15, 0.2) is 97.1 Å². The number of amides is 1. The van der Waals surface area contributed by atoms with Crippen molar-refractivity contribution >= 4 is 26.0 Å². The van der Waals surface area contributed by atoms with E-state index < -0.39 is 36.4 Å². The van der Waals surface area contributed by atoms with Crippen molar-refractivity contribution in [3.63, 3.8) is 0 Å². The fourth-order valence-corrected chi connectivity index (χ4v) is 15.0. The summed E-state index contributed by atoms with van der Waals surface area (Å²) in [6.07, 6.45) is 7.30. The summed E-state index contributed by atoms with van der Waals surface area (Å²) in [5.74, 6) is -1.19. The molecule has 0 aliphatic carbocycles. The predicted octanol–water partition coefficient (Wildman–Crippen LogP) is 9.43. The van der Waals surface area contributed by atoms with Crippen molar-refractivity contribution in [2.45, 2.75) is 137 Å². The van der Waals surface area contributed by atoms with Gasteiger partial charge in [0.25, 0.3) is 0 Å². The second kappa shape index (κ2) is 21.8. The van der Waals surface area contributed by atoms with E-state index in [0.717, 1.165) is 41.5 Å². The third-order valence-electron chi connectivity index (χ3n) is 14.8. The zero-order valence-electron chi connectivity index (χ0n) is 38.6. The second-order valence-electron chi connectivity index (χ2n) is 18.9. The van der Waals surface area contributed by atoms with Gasteiger partial charge in [0.2, 0.25) is 26.0 Å². The lowest BCUT2D eigenvalue weighted by Gasteiger charge is -2.39. The van der Waals surface area contributed by atoms with Crippen LogP contribution in [0, 0.1) is 23.0 Å². The molecule has 11 nitrogen and oxygen atoms in total. The molecule has 4 aliphatic heterocycles. The highest BCUT2D eigenvalue weighted by molar-refractivity contribution is 7.89. The van der Waals surface area contributed by atoms with Crippen molar-refractivity contribution in [2.24, 2.45) is 5.73 Å². The number of benzene rings is 4. The number of primary amides is 1. The van der Waals surface area contributed by atoms with E-state index in [-0.39, 0.29) is 54.1 Å². The summed E-state index contributed by atoms with van der Waals surface area (Å²) >= 11 is 0. The quantitative estimate of drug-likeness (QED) is 0.139. The number of nitrogens with zero attached hydrogens (tertiary/aromatic N) is 3. The van der Waals surface area contributed by atoms with Crippen LogP contribution >= 0.6 is 0 Å². The number of halogens is 2. The van der Waals surface area contributed by atoms with E-state index in [1.54, 1.807) is 18.2 Å². The number of hydrogen-bond donors (Lipinski definition) is 1. The number of nitrogens with two attached hydrogens (primary N) is 1. The second-order valence-corrected chi connectivity index (χ2v) is 23.0. The van der Waals surface area contributed by atoms with E-state index in [0.29, 0.717) is 88.9 Å². The van der Waals surface area contributed by atoms with Crippen LogP contribution in [0.25, 0.3) is 0 Å². The molecule has 360 valence electrons. The topological polar surface area (TPSA) is 160 Å². The predicted molar refractivity (Wildman–Crippen MR) is 254 cm³/mol. The van der Waals surface area contributed by atoms with Gasteiger partial charge in [0.15, 0.2) is 0 Å². The van der Waals surface area contributed by atoms with Crippen LogP contribution in [-0.4, -0.2) is 69.9 Å². The first-order valence-electron chi connectivity index (χ1n) is 23.6. The van der Waals surface area contributed by atoms with Crippen LogP contribution in [-0.2, 0) is 58.2 Å². The van der Waals surface area contributed by atoms with Crippen LogP contribution in [0.3, 0.4) is 0 Å². The molecule has 4 aliphatic rings. The highest BCUT2D eigenvalue weighted by Gasteiger charge is 2.43. The fraction of sp³-hybridized carbons (Fsp3) is 0.500. The molecule has 2 N–H and O–H groups in total. The highest BCUT2D eigenvalue weighted by atomic mass is 32.2. The van der Waals surface area contributed by atoms with Gasteiger partial charge in [-0.05, 0) is 112 Å². The summed E-state index contributed by atoms with van der Waals surface area (Å²) in [4.78, 5) is 11.4. The lowest BCUT2D eigenvalue weighted by molar-refractivity contribution is -0.118. The first-order chi connectivity index (χ1) is 32.1. The molecular weight excluding hydrogens is 895 g/mol. The molecule has 4 fully saturated rings. The molecule has 0 radical (unpaired) electrons. The van der Waals surface area contributed by atoms with Gasteiger partial charge in [-0.25, -0.2) is 25.6 Å². The Balaban J connectivity index is 0.000000199. The number of carbonyl (C=O) groups is 1. The van der Waals surface area contributed by atoms with Gasteiger partial charge < -0.3 is 15.2 Å². The zero-order valence-corrected chi connectivity index (χ0v) is 40.3. The Morgan fingerprint density at radius 3 is 1.43 bits per heavy atom. The maximum Gasteiger partial charge on any atom is 0.221 e. The minimum absolute atomic E-state index is 0.00363. The summed E-state index contributed by atoms with van der Waals surface area (Å²) in [5, 5.41) is 7.88. The summed E-state index contributed by atoms with van der Waals surface area (Å²) in [6.45, 7) is 6.08. The van der Waals surface area contributed by atoms with Crippen molar-refractivity contribution in [2.75, 3.05) is 26.4 Å². The molecule has 4 saturated heterocycles. The average Bonchev–Trinajstić information content (AvgIpc) is 3.32. The molecule has 4 heterocycles. The zero-order chi connectivity index (χ0) is 47.8. The van der Waals surface area contributed by atoms with Crippen LogP contribution in [0.2, 0.25) is 0 Å². The Kier molecular flexibility index (Phi) is 16.4. The summed E-state index contributed by atoms with van der Waals surface area (Å²) in [5.41, 5.74) is 8.73. The Labute approximate surface area is 395 Å². The minimum Gasteiger partial charge on any atom is -0.381 e. The van der Waals surface area contributed by atoms with Crippen molar-refractivity contribution in [1.29, 1.82) is 5.26 Å². The fourth-order valence-electron chi connectivity index (χ4n) is 10.6. The largest absolute Gasteiger partial charge is 0.381 e. The van der Waals surface area contributed by atoms with Gasteiger partial charge >= 0.3 is 0 Å². The van der Waals surface area contributed by atoms with Gasteiger partial charge in [-0.15, -0.1) is 0 Å². The number of hydrogen-bond acceptors (Lipinski definition) is 8. The average molecular weight is 959 g/mol. The van der Waals surface area contributed by atoms with E-state index in [2.05, 4.69) is 6.07 Å². The maximum atomic E-state index is 15.4. The Morgan fingerprint density at radius 2 is 1.06 bits per heavy atom. The molecule has 0 spiro atoms. The Hall–Kier alpha value is -4.56. The molecular formula is C52H64F2N4O7S2. The Bertz CT molecular complexity index is 2580. The molecule has 4 aromatic carbocycles. The molecule has 0 unspecified atom stereocenters. The standard InChI is InChI=1S/C26H33FN2O4S.C26H31FN2O3S/c1-19-7-10-24(20-5-3-2-4-6-20)34(31,32)29(19)18-21-8-9-22(17-23(21)27)26(12-11-25(28)30)13-15-33-16-14-26;1-20-8-11-25(21-6-3-2-4-7-21)33(30,31)29(20)19-22-9-10-23(18-24(22)27)26(12-5-15-28)13-16-32-17-14-26/h2-6,8-9,17,19,24H,7,10-16,18H2,1H3,(H2,28,30);2-4,6-7,9-10,18,20,25H,5,8,11-14,16-17,19H2,1H3/t19-,24+;20-,25+/m00/s1. The van der Waals surface area contributed by atoms with Crippen LogP contribution in [0.1, 0.15) is 135 Å². The lowest BCUT2D eigenvalue weighted by atomic mass is 9.71. The van der Waals surface area contributed by atoms with Crippen molar-refractivity contribution in [3.05, 3.63) is 142 Å². The van der Waals surface area contributed by atoms with Gasteiger partial charge in [-0.1, -0.05) is 84.9 Å². The van der Waals surface area contributed by atoms with E-state index in [1.165, 1.54) is 14.7 Å². The summed E-state index contributed by atoms with van der Waals surface area (Å²) in [6, 6.07) is 30.6. The molecule has 8 rings (SSSR count). The molecule has 0 saturated carbocycles. The molecule has 4 aromatic rings. The van der Waals surface area contributed by atoms with Gasteiger partial charge in [0, 0.05) is 86.4 Å². The van der Waals surface area contributed by atoms with E-state index in [9.17, 15) is 21.6 Å². The highest BCUT2D eigenvalue weighted by Crippen LogP contribution is 2.43. The maximum absolute atomic E-state index is 15.4. The SMILES string of the molecule is C[C@H]1CC[C@H](c2ccccc2)S(=O)(=O)N1Cc1ccc(C2(CCC#N)CCOCC2)cc1F.C[C@H]1CC[C@H](c2ccccc2)S(=O)(=O)N1Cc1ccc(C2(CCC(N)=O)CCOCC2)cc1F. The number of ether oxygens (including phenoxy) is 2. The molecule has 67 heavy (non-hydrogen) atoms. The molecule has 0 aromatic heterocycles. The number of carbonyl (C=O) groups excluding carboxylic acids is 1. The lowest BCUT2D eigenvalue weighted by Crippen LogP contribution is -2.44. The van der Waals surface area contributed by atoms with E-state index in [4.69, 9.17) is 20.5 Å². The normalized spacial score (nSPS) is 24.6. The molecule has 4 atom stereocenters. The van der Waals surface area contributed by atoms with Crippen molar-refractivity contribution in [1.82, 2.24) is 8.61 Å². The van der Waals surface area contributed by atoms with Gasteiger partial charge in [-0.2, -0.15) is 13.9 Å². The molecule has 15 heteroatoms. The molecule has 0 bridgehead atoms. The van der Waals surface area contributed by atoms with Gasteiger partial charge in [0.05, 0.1) is 6.07 Å². The first kappa shape index (κ1) is 50.3. The number of nitriles is 1. The van der Waals surface area contributed by atoms with Crippen LogP contribution in [0.5, 0.6) is 0 Å². The summed E-state index contributed by atoms with van der Waals surface area (Å²) in [7, 11) is -7.27. The third kappa shape index (κ3) is 11.3. The van der Waals surface area contributed by atoms with E-state index >= 15 is 8.78 Å². The van der Waals surface area contributed by atoms with Gasteiger partial charge in [0.1, 0.15) is 22.1 Å². The van der Waals surface area contributed by atoms with Crippen LogP contribution in [0.4, 0.5) is 8.78 Å². The monoisotopic (exact) mass is 958 g/mol. The van der Waals surface area contributed by atoms with Crippen molar-refractivity contribution in [3.8, 4) is 6.07 Å². The number of sulfonamides is 2. The van der Waals surface area contributed by atoms with Crippen LogP contribution < -0.4 is 5.73 Å². The first-order valence-corrected chi connectivity index (χ1v) is 26.6. The van der Waals surface area contributed by atoms with Crippen molar-refractivity contribution < 1.29 is 39.9 Å². The number of rotatable bonds is 13. The summed E-state index contributed by atoms with van der Waals surface area (Å²) < 4.78 is 98.6. The van der Waals surface area contributed by atoms with E-state index in [1.807, 2.05) is 86.6 Å².